The van der Waals surface area contributed by atoms with Gasteiger partial charge in [0.1, 0.15) is 0 Å². The number of carbonyl (C=O) groups is 1. The van der Waals surface area contributed by atoms with E-state index in [9.17, 15) is 9.90 Å². The van der Waals surface area contributed by atoms with Crippen LogP contribution in [0.2, 0.25) is 0 Å². The highest BCUT2D eigenvalue weighted by Crippen LogP contribution is 2.33. The van der Waals surface area contributed by atoms with Crippen molar-refractivity contribution in [2.45, 2.75) is 45.4 Å². The Labute approximate surface area is 96.3 Å². The first-order valence-corrected chi connectivity index (χ1v) is 5.35. The fraction of sp³-hybridized carbons (Fsp3) is 0.667. The van der Waals surface area contributed by atoms with Gasteiger partial charge in [0.2, 0.25) is 0 Å². The molecule has 0 amide bonds. The minimum Gasteiger partial charge on any atom is -0.481 e. The van der Waals surface area contributed by atoms with Crippen LogP contribution in [0.15, 0.2) is 6.20 Å². The van der Waals surface area contributed by atoms with Crippen molar-refractivity contribution in [1.29, 1.82) is 0 Å². The first-order valence-electron chi connectivity index (χ1n) is 5.35. The number of aryl methyl sites for hydroxylation is 1. The Balaban J connectivity index is 3.40. The number of aromatic nitrogens is 2. The second-order valence-corrected chi connectivity index (χ2v) is 5.75. The van der Waals surface area contributed by atoms with Crippen molar-refractivity contribution in [2.24, 2.45) is 7.05 Å². The Morgan fingerprint density at radius 2 is 1.81 bits per heavy atom. The molecule has 0 fully saturated rings. The number of aliphatic carboxylic acids is 1. The Kier molecular flexibility index (Phi) is 2.88. The van der Waals surface area contributed by atoms with E-state index in [1.807, 2.05) is 27.8 Å². The van der Waals surface area contributed by atoms with Gasteiger partial charge in [-0.1, -0.05) is 20.8 Å². The molecule has 1 heterocycles. The van der Waals surface area contributed by atoms with Gasteiger partial charge in [-0.25, -0.2) is 0 Å². The average molecular weight is 224 g/mol. The van der Waals surface area contributed by atoms with Crippen molar-refractivity contribution in [2.75, 3.05) is 0 Å². The molecule has 16 heavy (non-hydrogen) atoms. The van der Waals surface area contributed by atoms with Crippen LogP contribution in [0, 0.1) is 0 Å². The SMILES string of the molecule is Cn1cc(C(C)(C)C(=O)O)c(C(C)(C)C)n1. The molecule has 0 aliphatic heterocycles. The lowest BCUT2D eigenvalue weighted by Gasteiger charge is -2.24. The van der Waals surface area contributed by atoms with Crippen molar-refractivity contribution in [3.63, 3.8) is 0 Å². The Bertz CT molecular complexity index is 411. The first kappa shape index (κ1) is 12.7. The predicted octanol–water partition coefficient (Wildman–Crippen LogP) is 2.08. The van der Waals surface area contributed by atoms with Gasteiger partial charge < -0.3 is 5.11 Å². The number of rotatable bonds is 2. The van der Waals surface area contributed by atoms with E-state index in [4.69, 9.17) is 0 Å². The smallest absolute Gasteiger partial charge is 0.313 e. The second kappa shape index (κ2) is 3.61. The summed E-state index contributed by atoms with van der Waals surface area (Å²) in [5.41, 5.74) is 0.581. The molecule has 1 rings (SSSR count). The predicted molar refractivity (Wildman–Crippen MR) is 62.6 cm³/mol. The molecule has 0 saturated heterocycles. The van der Waals surface area contributed by atoms with E-state index < -0.39 is 11.4 Å². The van der Waals surface area contributed by atoms with Crippen LogP contribution < -0.4 is 0 Å². The van der Waals surface area contributed by atoms with Crippen LogP contribution in [0.4, 0.5) is 0 Å². The molecule has 0 aliphatic carbocycles. The summed E-state index contributed by atoms with van der Waals surface area (Å²) in [7, 11) is 1.82. The van der Waals surface area contributed by atoms with E-state index in [1.54, 1.807) is 24.7 Å². The number of hydrogen-bond donors (Lipinski definition) is 1. The molecule has 0 radical (unpaired) electrons. The summed E-state index contributed by atoms with van der Waals surface area (Å²) >= 11 is 0. The van der Waals surface area contributed by atoms with Gasteiger partial charge in [-0.05, 0) is 13.8 Å². The van der Waals surface area contributed by atoms with Crippen molar-refractivity contribution in [3.05, 3.63) is 17.5 Å². The summed E-state index contributed by atoms with van der Waals surface area (Å²) in [6.07, 6.45) is 1.80. The van der Waals surface area contributed by atoms with Crippen molar-refractivity contribution in [3.8, 4) is 0 Å². The van der Waals surface area contributed by atoms with Crippen molar-refractivity contribution >= 4 is 5.97 Å². The fourth-order valence-corrected chi connectivity index (χ4v) is 1.62. The lowest BCUT2D eigenvalue weighted by atomic mass is 9.78. The minimum atomic E-state index is -0.906. The van der Waals surface area contributed by atoms with Gasteiger partial charge in [-0.2, -0.15) is 5.10 Å². The van der Waals surface area contributed by atoms with E-state index in [2.05, 4.69) is 5.10 Å². The van der Waals surface area contributed by atoms with Crippen LogP contribution in [-0.2, 0) is 22.7 Å². The van der Waals surface area contributed by atoms with Gasteiger partial charge in [0, 0.05) is 24.2 Å². The van der Waals surface area contributed by atoms with Gasteiger partial charge >= 0.3 is 5.97 Å². The molecule has 1 aromatic heterocycles. The van der Waals surface area contributed by atoms with Crippen LogP contribution >= 0.6 is 0 Å². The lowest BCUT2D eigenvalue weighted by molar-refractivity contribution is -0.142. The molecule has 0 saturated carbocycles. The highest BCUT2D eigenvalue weighted by Gasteiger charge is 2.36. The molecule has 0 bridgehead atoms. The molecule has 4 nitrogen and oxygen atoms in total. The average Bonchev–Trinajstić information content (AvgIpc) is 2.46. The zero-order valence-corrected chi connectivity index (χ0v) is 10.8. The Morgan fingerprint density at radius 1 is 1.31 bits per heavy atom. The monoisotopic (exact) mass is 224 g/mol. The minimum absolute atomic E-state index is 0.149. The summed E-state index contributed by atoms with van der Waals surface area (Å²) in [5, 5.41) is 13.6. The van der Waals surface area contributed by atoms with Crippen molar-refractivity contribution in [1.82, 2.24) is 9.78 Å². The fourth-order valence-electron chi connectivity index (χ4n) is 1.62. The molecule has 0 unspecified atom stereocenters. The van der Waals surface area contributed by atoms with E-state index in [1.165, 1.54) is 0 Å². The molecule has 0 aromatic carbocycles. The van der Waals surface area contributed by atoms with E-state index >= 15 is 0 Å². The third-order valence-corrected chi connectivity index (χ3v) is 2.75. The third kappa shape index (κ3) is 2.10. The lowest BCUT2D eigenvalue weighted by Crippen LogP contribution is -2.31. The maximum Gasteiger partial charge on any atom is 0.313 e. The van der Waals surface area contributed by atoms with Gasteiger partial charge in [0.25, 0.3) is 0 Å². The second-order valence-electron chi connectivity index (χ2n) is 5.75. The normalized spacial score (nSPS) is 12.9. The molecule has 0 spiro atoms. The maximum atomic E-state index is 11.3. The summed E-state index contributed by atoms with van der Waals surface area (Å²) in [6, 6.07) is 0. The molecule has 4 heteroatoms. The summed E-state index contributed by atoms with van der Waals surface area (Å²) in [4.78, 5) is 11.3. The quantitative estimate of drug-likeness (QED) is 0.836. The maximum absolute atomic E-state index is 11.3. The van der Waals surface area contributed by atoms with Gasteiger partial charge in [0.15, 0.2) is 0 Å². The zero-order valence-electron chi connectivity index (χ0n) is 10.8. The number of hydrogen-bond acceptors (Lipinski definition) is 2. The third-order valence-electron chi connectivity index (χ3n) is 2.75. The van der Waals surface area contributed by atoms with Crippen molar-refractivity contribution < 1.29 is 9.90 Å². The summed E-state index contributed by atoms with van der Waals surface area (Å²) < 4.78 is 1.68. The van der Waals surface area contributed by atoms with Crippen LogP contribution in [0.3, 0.4) is 0 Å². The molecule has 1 N–H and O–H groups in total. The summed E-state index contributed by atoms with van der Waals surface area (Å²) in [5.74, 6) is -0.828. The molecular formula is C12H20N2O2. The number of carboxylic acids is 1. The highest BCUT2D eigenvalue weighted by atomic mass is 16.4. The largest absolute Gasteiger partial charge is 0.481 e. The van der Waals surface area contributed by atoms with Crippen LogP contribution in [0.1, 0.15) is 45.9 Å². The molecule has 0 atom stereocenters. The Hall–Kier alpha value is -1.32. The van der Waals surface area contributed by atoms with Gasteiger partial charge in [0.05, 0.1) is 11.1 Å². The zero-order chi connectivity index (χ0) is 12.7. The molecular weight excluding hydrogens is 204 g/mol. The van der Waals surface area contributed by atoms with Gasteiger partial charge in [-0.15, -0.1) is 0 Å². The Morgan fingerprint density at radius 3 is 2.19 bits per heavy atom. The molecule has 1 aromatic rings. The van der Waals surface area contributed by atoms with Gasteiger partial charge in [-0.3, -0.25) is 9.48 Å². The molecule has 90 valence electrons. The van der Waals surface area contributed by atoms with Crippen LogP contribution in [0.25, 0.3) is 0 Å². The summed E-state index contributed by atoms with van der Waals surface area (Å²) in [6.45, 7) is 9.54. The van der Waals surface area contributed by atoms with E-state index in [-0.39, 0.29) is 5.41 Å². The standard InChI is InChI=1S/C12H20N2O2/c1-11(2,3)9-8(7-14(6)13-9)12(4,5)10(15)16/h7H,1-6H3,(H,15,16). The van der Waals surface area contributed by atoms with Crippen LogP contribution in [0.5, 0.6) is 0 Å². The van der Waals surface area contributed by atoms with Crippen LogP contribution in [-0.4, -0.2) is 20.9 Å². The van der Waals surface area contributed by atoms with E-state index in [0.29, 0.717) is 0 Å². The van der Waals surface area contributed by atoms with E-state index in [0.717, 1.165) is 11.3 Å². The topological polar surface area (TPSA) is 55.1 Å². The number of nitrogens with zero attached hydrogens (tertiary/aromatic N) is 2. The highest BCUT2D eigenvalue weighted by molar-refractivity contribution is 5.80. The number of carboxylic acid groups (broad SMARTS) is 1. The first-order chi connectivity index (χ1) is 7.06. The molecule has 0 aliphatic rings.